The maximum absolute atomic E-state index is 13.9. The lowest BCUT2D eigenvalue weighted by Gasteiger charge is -2.41. The molecule has 0 saturated heterocycles. The van der Waals surface area contributed by atoms with Gasteiger partial charge in [-0.05, 0) is 127 Å². The van der Waals surface area contributed by atoms with Crippen molar-refractivity contribution in [3.8, 4) is 0 Å². The van der Waals surface area contributed by atoms with Gasteiger partial charge in [0.15, 0.2) is 0 Å². The number of halogens is 4. The van der Waals surface area contributed by atoms with Gasteiger partial charge in [0.05, 0.1) is 24.3 Å². The molecule has 10 N–H and O–H groups in total. The predicted molar refractivity (Wildman–Crippen MR) is 311 cm³/mol. The van der Waals surface area contributed by atoms with E-state index in [4.69, 9.17) is 5.11 Å². The quantitative estimate of drug-likeness (QED) is 0.0303. The lowest BCUT2D eigenvalue weighted by atomic mass is 9.74. The molecule has 2 aliphatic carbocycles. The molecule has 0 bridgehead atoms. The number of hydrogen-bond acceptors (Lipinski definition) is 9. The molecule has 0 aromatic heterocycles. The molecular formula is C64H92F4N6O7. The van der Waals surface area contributed by atoms with Gasteiger partial charge in [0.2, 0.25) is 17.7 Å². The number of nitrogens with one attached hydrogen (secondary N) is 5. The van der Waals surface area contributed by atoms with Crippen LogP contribution >= 0.6 is 0 Å². The van der Waals surface area contributed by atoms with Crippen molar-refractivity contribution in [2.75, 3.05) is 27.2 Å². The molecule has 2 aliphatic rings. The van der Waals surface area contributed by atoms with Gasteiger partial charge in [-0.15, -0.1) is 0 Å². The number of aliphatic hydroxyl groups excluding tert-OH is 2. The van der Waals surface area contributed by atoms with Crippen LogP contribution in [0.25, 0.3) is 0 Å². The minimum absolute atomic E-state index is 0.00120. The number of carboxylic acids is 1. The van der Waals surface area contributed by atoms with E-state index in [2.05, 4.69) is 122 Å². The number of aliphatic hydroxyl groups is 2. The number of carbonyl (C=O) groups is 4. The maximum Gasteiger partial charge on any atom is 0.303 e. The molecular weight excluding hydrogens is 1040 g/mol. The molecule has 0 radical (unpaired) electrons. The molecule has 0 aliphatic heterocycles. The molecule has 3 amide bonds. The number of hydrogen-bond donors (Lipinski definition) is 9. The molecule has 81 heavy (non-hydrogen) atoms. The molecule has 0 spiro atoms. The molecule has 4 aromatic carbocycles. The molecule has 448 valence electrons. The van der Waals surface area contributed by atoms with Crippen LogP contribution in [0.15, 0.2) is 84.9 Å². The summed E-state index contributed by atoms with van der Waals surface area (Å²) < 4.78 is 55.6. The monoisotopic (exact) mass is 1130 g/mol. The van der Waals surface area contributed by atoms with E-state index in [9.17, 15) is 47.0 Å². The fourth-order valence-corrected chi connectivity index (χ4v) is 10.9. The fourth-order valence-electron chi connectivity index (χ4n) is 10.9. The minimum atomic E-state index is -1.05. The third-order valence-electron chi connectivity index (χ3n) is 15.5. The van der Waals surface area contributed by atoms with Gasteiger partial charge in [0.1, 0.15) is 23.3 Å². The van der Waals surface area contributed by atoms with Crippen molar-refractivity contribution in [2.45, 2.75) is 203 Å². The second-order valence-electron chi connectivity index (χ2n) is 23.9. The van der Waals surface area contributed by atoms with Gasteiger partial charge in [-0.3, -0.25) is 19.2 Å². The Morgan fingerprint density at radius 2 is 0.877 bits per heavy atom. The number of carbonyl (C=O) groups excluding carboxylic acids is 3. The van der Waals surface area contributed by atoms with Crippen molar-refractivity contribution in [3.63, 3.8) is 0 Å². The van der Waals surface area contributed by atoms with E-state index in [1.807, 2.05) is 0 Å². The lowest BCUT2D eigenvalue weighted by Crippen LogP contribution is -2.53. The van der Waals surface area contributed by atoms with Crippen LogP contribution in [-0.2, 0) is 53.9 Å². The van der Waals surface area contributed by atoms with Gasteiger partial charge in [-0.2, -0.15) is 0 Å². The van der Waals surface area contributed by atoms with Crippen LogP contribution in [0.4, 0.5) is 17.6 Å². The van der Waals surface area contributed by atoms with E-state index in [1.54, 1.807) is 7.05 Å². The molecule has 4 atom stereocenters. The summed E-state index contributed by atoms with van der Waals surface area (Å²) in [5.74, 6) is -4.77. The number of amides is 3. The molecule has 0 heterocycles. The summed E-state index contributed by atoms with van der Waals surface area (Å²) in [6.07, 6.45) is 8.89. The third kappa shape index (κ3) is 22.2. The van der Waals surface area contributed by atoms with Crippen LogP contribution in [0.5, 0.6) is 0 Å². The van der Waals surface area contributed by atoms with Crippen molar-refractivity contribution in [2.24, 2.45) is 5.73 Å². The summed E-state index contributed by atoms with van der Waals surface area (Å²) in [6.45, 7) is 13.5. The van der Waals surface area contributed by atoms with E-state index >= 15 is 0 Å². The number of benzene rings is 4. The number of carboxylic acid groups (broad SMARTS) is 1. The van der Waals surface area contributed by atoms with E-state index in [0.29, 0.717) is 17.5 Å². The van der Waals surface area contributed by atoms with E-state index in [-0.39, 0.29) is 91.8 Å². The Morgan fingerprint density at radius 1 is 0.531 bits per heavy atom. The molecule has 2 saturated carbocycles. The van der Waals surface area contributed by atoms with Crippen LogP contribution in [-0.4, -0.2) is 90.5 Å². The third-order valence-corrected chi connectivity index (χ3v) is 15.5. The Labute approximate surface area is 478 Å². The largest absolute Gasteiger partial charge is 0.481 e. The van der Waals surface area contributed by atoms with E-state index in [1.165, 1.54) is 53.6 Å². The van der Waals surface area contributed by atoms with Gasteiger partial charge in [0.25, 0.3) is 0 Å². The highest BCUT2D eigenvalue weighted by molar-refractivity contribution is 5.79. The zero-order valence-electron chi connectivity index (χ0n) is 49.1. The van der Waals surface area contributed by atoms with Crippen molar-refractivity contribution in [1.29, 1.82) is 0 Å². The minimum Gasteiger partial charge on any atom is -0.481 e. The molecule has 13 nitrogen and oxygen atoms in total. The summed E-state index contributed by atoms with van der Waals surface area (Å²) in [4.78, 5) is 47.7. The summed E-state index contributed by atoms with van der Waals surface area (Å²) in [6, 6.07) is 22.0. The second kappa shape index (κ2) is 32.2. The Hall–Kier alpha value is -5.72. The Bertz CT molecular complexity index is 2590. The van der Waals surface area contributed by atoms with Gasteiger partial charge >= 0.3 is 5.97 Å². The van der Waals surface area contributed by atoms with Crippen molar-refractivity contribution in [1.82, 2.24) is 26.6 Å². The number of nitrogens with two attached hydrogens (primary N) is 1. The standard InChI is InChI=1S/C32H45F2N3O3.C31H42F2N2O4.CH5N/c1-31(2,3)23-10-8-11-24(19-23)32(14-6-5-7-15-32)36-21-28(38)27(18-22-16-25(33)20-26(34)17-22)37-30(40)13-9-12-29(39)35-4;1-30(2,3)22-9-7-10-23(18-22)31(13-5-4-6-14-31)34-20-27(36)26(35-28(37)11-8-12-29(38)39)17-21-15-24(32)19-25(33)16-21;1-2/h8,10-11,16-17,19-20,27-28,36,38H,5-7,9,12-15,18,21H2,1-4H3,(H,35,39)(H,37,40);7,9-10,15-16,18-19,26-27,34,36H,4-6,8,11-14,17,20H2,1-3H3,(H,35,37)(H,38,39);2H2,1H3/t27-,28+;26-,27+;/m00./s1. The molecule has 4 aromatic rings. The summed E-state index contributed by atoms with van der Waals surface area (Å²) >= 11 is 0. The molecule has 2 fully saturated rings. The first-order valence-corrected chi connectivity index (χ1v) is 28.9. The first-order valence-electron chi connectivity index (χ1n) is 28.9. The van der Waals surface area contributed by atoms with Crippen LogP contribution in [0, 0.1) is 23.3 Å². The summed E-state index contributed by atoms with van der Waals surface area (Å²) in [7, 11) is 3.04. The van der Waals surface area contributed by atoms with Crippen molar-refractivity contribution < 1.29 is 52.1 Å². The normalized spacial score (nSPS) is 16.4. The average Bonchev–Trinajstić information content (AvgIpc) is 3.47. The summed E-state index contributed by atoms with van der Waals surface area (Å²) in [5, 5.41) is 47.0. The number of rotatable bonds is 24. The SMILES string of the molecule is CC(C)(C)c1cccc(C2(NC[C@@H](O)[C@H](Cc3cc(F)cc(F)c3)NC(=O)CCCC(=O)O)CCCCC2)c1.CN.CNC(=O)CCCC(=O)N[C@@H](Cc1cc(F)cc(F)c1)[C@H](O)CNC1(c2cccc(C(C)(C)C)c2)CCCCC1. The van der Waals surface area contributed by atoms with Crippen LogP contribution in [0.1, 0.15) is 178 Å². The predicted octanol–water partition coefficient (Wildman–Crippen LogP) is 9.95. The lowest BCUT2D eigenvalue weighted by molar-refractivity contribution is -0.137. The Morgan fingerprint density at radius 3 is 1.21 bits per heavy atom. The van der Waals surface area contributed by atoms with Gasteiger partial charge in [-0.25, -0.2) is 17.6 Å². The molecule has 0 unspecified atom stereocenters. The zero-order valence-corrected chi connectivity index (χ0v) is 49.1. The first kappa shape index (κ1) is 67.8. The van der Waals surface area contributed by atoms with E-state index in [0.717, 1.165) is 76.3 Å². The second-order valence-corrected chi connectivity index (χ2v) is 23.9. The highest BCUT2D eigenvalue weighted by Gasteiger charge is 2.37. The highest BCUT2D eigenvalue weighted by Crippen LogP contribution is 2.40. The van der Waals surface area contributed by atoms with Crippen molar-refractivity contribution >= 4 is 23.7 Å². The first-order chi connectivity index (χ1) is 38.3. The fraction of sp³-hybridized carbons (Fsp3) is 0.562. The molecule has 17 heteroatoms. The summed E-state index contributed by atoms with van der Waals surface area (Å²) in [5.41, 5.74) is 9.33. The Kier molecular flexibility index (Phi) is 27.0. The topological polar surface area (TPSA) is 215 Å². The number of aliphatic carboxylic acids is 1. The zero-order chi connectivity index (χ0) is 60.0. The van der Waals surface area contributed by atoms with Crippen LogP contribution in [0.2, 0.25) is 0 Å². The van der Waals surface area contributed by atoms with Gasteiger partial charge in [-0.1, -0.05) is 129 Å². The molecule has 6 rings (SSSR count). The van der Waals surface area contributed by atoms with Crippen LogP contribution < -0.4 is 32.3 Å². The average molecular weight is 1130 g/mol. The van der Waals surface area contributed by atoms with Gasteiger partial charge in [0, 0.05) is 69.0 Å². The van der Waals surface area contributed by atoms with E-state index < -0.39 is 59.4 Å². The highest BCUT2D eigenvalue weighted by atomic mass is 19.1. The smallest absolute Gasteiger partial charge is 0.303 e. The maximum atomic E-state index is 13.9. The van der Waals surface area contributed by atoms with Crippen LogP contribution in [0.3, 0.4) is 0 Å². The van der Waals surface area contributed by atoms with Crippen molar-refractivity contribution in [3.05, 3.63) is 142 Å². The van der Waals surface area contributed by atoms with Gasteiger partial charge < -0.3 is 47.6 Å². The Balaban J connectivity index is 0.000000338.